The minimum Gasteiger partial charge on any atom is -0.411 e. The van der Waals surface area contributed by atoms with Crippen molar-refractivity contribution in [3.05, 3.63) is 95.6 Å². The summed E-state index contributed by atoms with van der Waals surface area (Å²) in [4.78, 5) is 18.7. The molecule has 32 heavy (non-hydrogen) atoms. The van der Waals surface area contributed by atoms with Gasteiger partial charge in [0.25, 0.3) is 0 Å². The zero-order valence-corrected chi connectivity index (χ0v) is 18.2. The van der Waals surface area contributed by atoms with E-state index in [4.69, 9.17) is 9.97 Å². The third-order valence-electron chi connectivity index (χ3n) is 5.14. The number of pyridine rings is 4. The molecular formula is C26H25N5O. The van der Waals surface area contributed by atoms with E-state index in [0.717, 1.165) is 45.6 Å². The van der Waals surface area contributed by atoms with Crippen molar-refractivity contribution in [2.75, 3.05) is 0 Å². The Kier molecular flexibility index (Phi) is 6.60. The van der Waals surface area contributed by atoms with Gasteiger partial charge < -0.3 is 5.21 Å². The van der Waals surface area contributed by atoms with Gasteiger partial charge >= 0.3 is 0 Å². The molecule has 4 aromatic heterocycles. The van der Waals surface area contributed by atoms with Crippen molar-refractivity contribution < 1.29 is 5.21 Å². The van der Waals surface area contributed by atoms with Gasteiger partial charge in [-0.25, -0.2) is 0 Å². The van der Waals surface area contributed by atoms with Crippen molar-refractivity contribution in [1.82, 2.24) is 19.9 Å². The van der Waals surface area contributed by atoms with Gasteiger partial charge in [0.2, 0.25) is 0 Å². The van der Waals surface area contributed by atoms with E-state index >= 15 is 0 Å². The molecule has 0 aliphatic heterocycles. The Balaban J connectivity index is 1.54. The fourth-order valence-corrected chi connectivity index (χ4v) is 3.65. The number of oxime groups is 1. The van der Waals surface area contributed by atoms with Crippen LogP contribution in [0.3, 0.4) is 0 Å². The first kappa shape index (κ1) is 21.3. The Bertz CT molecular complexity index is 1150. The highest BCUT2D eigenvalue weighted by molar-refractivity contribution is 5.61. The van der Waals surface area contributed by atoms with Crippen LogP contribution in [-0.2, 0) is 12.8 Å². The molecule has 0 saturated carbocycles. The molecule has 0 amide bonds. The third kappa shape index (κ3) is 5.40. The first-order valence-electron chi connectivity index (χ1n) is 10.6. The maximum Gasteiger partial charge on any atom is 0.0889 e. The van der Waals surface area contributed by atoms with E-state index in [1.807, 2.05) is 86.6 Å². The molecule has 1 N–H and O–H groups in total. The lowest BCUT2D eigenvalue weighted by atomic mass is 9.97. The first-order chi connectivity index (χ1) is 15.6. The molecule has 0 atom stereocenters. The van der Waals surface area contributed by atoms with Gasteiger partial charge in [-0.05, 0) is 75.2 Å². The van der Waals surface area contributed by atoms with E-state index in [2.05, 4.69) is 15.1 Å². The van der Waals surface area contributed by atoms with Gasteiger partial charge in [-0.15, -0.1) is 5.16 Å². The summed E-state index contributed by atoms with van der Waals surface area (Å²) >= 11 is 0. The van der Waals surface area contributed by atoms with Crippen LogP contribution in [-0.4, -0.2) is 31.4 Å². The summed E-state index contributed by atoms with van der Waals surface area (Å²) in [7, 11) is 0. The van der Waals surface area contributed by atoms with Crippen molar-refractivity contribution in [1.29, 1.82) is 0 Å². The molecule has 160 valence electrons. The predicted octanol–water partition coefficient (Wildman–Crippen LogP) is 5.08. The summed E-state index contributed by atoms with van der Waals surface area (Å²) in [5.41, 5.74) is 7.08. The highest BCUT2D eigenvalue weighted by Crippen LogP contribution is 2.20. The lowest BCUT2D eigenvalue weighted by Gasteiger charge is -2.13. The summed E-state index contributed by atoms with van der Waals surface area (Å²) in [5, 5.41) is 12.5. The van der Waals surface area contributed by atoms with E-state index in [1.54, 1.807) is 6.21 Å². The number of hydrogen-bond acceptors (Lipinski definition) is 6. The highest BCUT2D eigenvalue weighted by Gasteiger charge is 2.13. The Hall–Kier alpha value is -3.93. The highest BCUT2D eigenvalue weighted by atomic mass is 16.4. The Morgan fingerprint density at radius 2 is 1.06 bits per heavy atom. The second kappa shape index (κ2) is 9.92. The SMILES string of the molecule is Cc1cccc(-c2cccc(CC(/C=N/O)Cc3cccc(-c4cccc(C)n4)n3)n2)n1. The normalized spacial score (nSPS) is 11.3. The molecule has 0 unspecified atom stereocenters. The number of aryl methyl sites for hydroxylation is 2. The molecule has 0 aliphatic carbocycles. The van der Waals surface area contributed by atoms with Gasteiger partial charge in [0, 0.05) is 34.9 Å². The number of nitrogens with zero attached hydrogens (tertiary/aromatic N) is 5. The quantitative estimate of drug-likeness (QED) is 0.255. The summed E-state index contributed by atoms with van der Waals surface area (Å²) < 4.78 is 0. The molecule has 0 aliphatic rings. The van der Waals surface area contributed by atoms with Gasteiger partial charge in [-0.1, -0.05) is 24.3 Å². The summed E-state index contributed by atoms with van der Waals surface area (Å²) in [6, 6.07) is 23.7. The summed E-state index contributed by atoms with van der Waals surface area (Å²) in [6.07, 6.45) is 2.80. The molecule has 6 heteroatoms. The van der Waals surface area contributed by atoms with Crippen molar-refractivity contribution in [2.24, 2.45) is 11.1 Å². The second-order valence-corrected chi connectivity index (χ2v) is 7.79. The molecule has 0 bridgehead atoms. The van der Waals surface area contributed by atoms with E-state index < -0.39 is 0 Å². The molecule has 0 fully saturated rings. The standard InChI is InChI=1S/C26H25N5O/c1-18-7-3-11-23(28-18)25-13-5-9-21(30-25)15-20(17-27-32)16-22-10-6-14-26(31-22)24-12-4-8-19(2)29-24/h3-14,17,20,32H,15-16H2,1-2H3/b27-17+. The Morgan fingerprint density at radius 3 is 1.47 bits per heavy atom. The molecule has 0 aromatic carbocycles. The van der Waals surface area contributed by atoms with Crippen molar-refractivity contribution in [2.45, 2.75) is 26.7 Å². The zero-order chi connectivity index (χ0) is 22.3. The minimum atomic E-state index is -0.0542. The van der Waals surface area contributed by atoms with Gasteiger partial charge in [0.05, 0.1) is 22.8 Å². The van der Waals surface area contributed by atoms with Crippen molar-refractivity contribution >= 4 is 6.21 Å². The van der Waals surface area contributed by atoms with Crippen LogP contribution in [0.4, 0.5) is 0 Å². The molecule has 0 spiro atoms. The summed E-state index contributed by atoms with van der Waals surface area (Å²) in [5.74, 6) is -0.0542. The number of aromatic nitrogens is 4. The smallest absolute Gasteiger partial charge is 0.0889 e. The summed E-state index contributed by atoms with van der Waals surface area (Å²) in [6.45, 7) is 3.93. The predicted molar refractivity (Wildman–Crippen MR) is 126 cm³/mol. The fourth-order valence-electron chi connectivity index (χ4n) is 3.65. The number of hydrogen-bond donors (Lipinski definition) is 1. The van der Waals surface area contributed by atoms with Crippen LogP contribution in [0, 0.1) is 19.8 Å². The van der Waals surface area contributed by atoms with Crippen LogP contribution in [0.25, 0.3) is 22.8 Å². The lowest BCUT2D eigenvalue weighted by Crippen LogP contribution is -2.12. The monoisotopic (exact) mass is 423 g/mol. The van der Waals surface area contributed by atoms with Crippen LogP contribution in [0.15, 0.2) is 78.0 Å². The molecule has 0 radical (unpaired) electrons. The van der Waals surface area contributed by atoms with E-state index in [1.165, 1.54) is 0 Å². The number of rotatable bonds is 7. The van der Waals surface area contributed by atoms with Crippen LogP contribution in [0.5, 0.6) is 0 Å². The first-order valence-corrected chi connectivity index (χ1v) is 10.6. The average molecular weight is 424 g/mol. The Labute approximate surface area is 187 Å². The zero-order valence-electron chi connectivity index (χ0n) is 18.2. The van der Waals surface area contributed by atoms with Crippen LogP contribution in [0.1, 0.15) is 22.8 Å². The van der Waals surface area contributed by atoms with Crippen molar-refractivity contribution in [3.8, 4) is 22.8 Å². The van der Waals surface area contributed by atoms with E-state index in [-0.39, 0.29) is 5.92 Å². The maximum atomic E-state index is 9.23. The van der Waals surface area contributed by atoms with Crippen LogP contribution < -0.4 is 0 Å². The molecule has 4 heterocycles. The van der Waals surface area contributed by atoms with Crippen molar-refractivity contribution in [3.63, 3.8) is 0 Å². The second-order valence-electron chi connectivity index (χ2n) is 7.79. The van der Waals surface area contributed by atoms with Crippen LogP contribution >= 0.6 is 0 Å². The topological polar surface area (TPSA) is 84.2 Å². The van der Waals surface area contributed by atoms with Gasteiger partial charge in [0.1, 0.15) is 0 Å². The molecule has 6 nitrogen and oxygen atoms in total. The Morgan fingerprint density at radius 1 is 0.656 bits per heavy atom. The third-order valence-corrected chi connectivity index (χ3v) is 5.14. The molecular weight excluding hydrogens is 398 g/mol. The maximum absolute atomic E-state index is 9.23. The van der Waals surface area contributed by atoms with Gasteiger partial charge in [-0.2, -0.15) is 0 Å². The molecule has 4 rings (SSSR count). The van der Waals surface area contributed by atoms with Gasteiger partial charge in [-0.3, -0.25) is 19.9 Å². The van der Waals surface area contributed by atoms with Gasteiger partial charge in [0.15, 0.2) is 0 Å². The molecule has 4 aromatic rings. The lowest BCUT2D eigenvalue weighted by molar-refractivity contribution is 0.318. The molecule has 0 saturated heterocycles. The average Bonchev–Trinajstić information content (AvgIpc) is 2.80. The fraction of sp³-hybridized carbons (Fsp3) is 0.192. The minimum absolute atomic E-state index is 0.0542. The van der Waals surface area contributed by atoms with E-state index in [0.29, 0.717) is 12.8 Å². The van der Waals surface area contributed by atoms with E-state index in [9.17, 15) is 5.21 Å². The van der Waals surface area contributed by atoms with Crippen LogP contribution in [0.2, 0.25) is 0 Å². The largest absolute Gasteiger partial charge is 0.411 e.